The lowest BCUT2D eigenvalue weighted by molar-refractivity contribution is -0.123. The van der Waals surface area contributed by atoms with Gasteiger partial charge in [0.1, 0.15) is 0 Å². The second kappa shape index (κ2) is 11.7. The van der Waals surface area contributed by atoms with Crippen molar-refractivity contribution in [2.24, 2.45) is 0 Å². The Hall–Kier alpha value is -2.09. The van der Waals surface area contributed by atoms with Crippen LogP contribution in [0.5, 0.6) is 0 Å². The summed E-state index contributed by atoms with van der Waals surface area (Å²) >= 11 is 3.40. The fraction of sp³-hybridized carbons (Fsp3) is 0.550. The van der Waals surface area contributed by atoms with Crippen molar-refractivity contribution in [3.05, 3.63) is 34.3 Å². The molecule has 1 heterocycles. The summed E-state index contributed by atoms with van der Waals surface area (Å²) in [5.41, 5.74) is 1.02. The van der Waals surface area contributed by atoms with Gasteiger partial charge in [0.25, 0.3) is 0 Å². The Morgan fingerprint density at radius 2 is 1.89 bits per heavy atom. The second-order valence-electron chi connectivity index (χ2n) is 6.79. The molecule has 0 aliphatic carbocycles. The lowest BCUT2D eigenvalue weighted by Gasteiger charge is -2.31. The van der Waals surface area contributed by atoms with E-state index in [0.717, 1.165) is 22.9 Å². The maximum atomic E-state index is 12.1. The van der Waals surface area contributed by atoms with Gasteiger partial charge in [-0.3, -0.25) is 9.59 Å². The van der Waals surface area contributed by atoms with E-state index in [0.29, 0.717) is 45.5 Å². The van der Waals surface area contributed by atoms with Crippen LogP contribution in [0.25, 0.3) is 0 Å². The number of rotatable bonds is 8. The molecule has 154 valence electrons. The molecule has 1 aromatic carbocycles. The minimum atomic E-state index is -0.291. The normalized spacial score (nSPS) is 14.4. The predicted molar refractivity (Wildman–Crippen MR) is 110 cm³/mol. The predicted octanol–water partition coefficient (Wildman–Crippen LogP) is 2.97. The molecule has 1 fully saturated rings. The van der Waals surface area contributed by atoms with E-state index in [9.17, 15) is 14.4 Å². The third-order valence-electron chi connectivity index (χ3n) is 4.57. The molecule has 1 aromatic rings. The second-order valence-corrected chi connectivity index (χ2v) is 7.70. The number of likely N-dealkylation sites (tertiary alicyclic amines) is 1. The van der Waals surface area contributed by atoms with E-state index in [1.54, 1.807) is 11.8 Å². The Morgan fingerprint density at radius 3 is 2.57 bits per heavy atom. The number of amides is 3. The summed E-state index contributed by atoms with van der Waals surface area (Å²) in [6.07, 6.45) is 2.30. The molecule has 1 saturated heterocycles. The number of carbonyl (C=O) groups excluding carboxylic acids is 3. The van der Waals surface area contributed by atoms with Gasteiger partial charge in [-0.1, -0.05) is 28.1 Å². The van der Waals surface area contributed by atoms with Crippen LogP contribution >= 0.6 is 15.9 Å². The molecular weight excluding hydrogens is 426 g/mol. The highest BCUT2D eigenvalue weighted by Crippen LogP contribution is 2.13. The molecular formula is C20H28BrN3O4. The Kier molecular flexibility index (Phi) is 9.27. The Morgan fingerprint density at radius 1 is 1.18 bits per heavy atom. The Labute approximate surface area is 174 Å². The van der Waals surface area contributed by atoms with E-state index in [4.69, 9.17) is 4.74 Å². The first-order valence-corrected chi connectivity index (χ1v) is 10.5. The highest BCUT2D eigenvalue weighted by molar-refractivity contribution is 9.10. The van der Waals surface area contributed by atoms with Crippen molar-refractivity contribution in [1.82, 2.24) is 15.5 Å². The van der Waals surface area contributed by atoms with Crippen molar-refractivity contribution in [1.29, 1.82) is 0 Å². The molecule has 2 N–H and O–H groups in total. The zero-order valence-corrected chi connectivity index (χ0v) is 17.8. The SMILES string of the molecule is CCOC(=O)N1CCC(NC(=O)CCCC(=O)NCc2cccc(Br)c2)CC1. The largest absolute Gasteiger partial charge is 0.450 e. The molecule has 1 aliphatic rings. The number of halogens is 1. The first-order chi connectivity index (χ1) is 13.5. The van der Waals surface area contributed by atoms with Crippen molar-refractivity contribution in [3.8, 4) is 0 Å². The van der Waals surface area contributed by atoms with Gasteiger partial charge < -0.3 is 20.3 Å². The molecule has 0 radical (unpaired) electrons. The van der Waals surface area contributed by atoms with Crippen LogP contribution in [0.1, 0.15) is 44.6 Å². The van der Waals surface area contributed by atoms with Gasteiger partial charge in [0.2, 0.25) is 11.8 Å². The summed E-state index contributed by atoms with van der Waals surface area (Å²) in [6, 6.07) is 7.84. The Balaban J connectivity index is 1.57. The summed E-state index contributed by atoms with van der Waals surface area (Å²) in [6.45, 7) is 3.80. The van der Waals surface area contributed by atoms with Crippen LogP contribution in [0.15, 0.2) is 28.7 Å². The fourth-order valence-corrected chi connectivity index (χ4v) is 3.51. The van der Waals surface area contributed by atoms with Crippen LogP contribution in [-0.4, -0.2) is 48.5 Å². The van der Waals surface area contributed by atoms with Crippen molar-refractivity contribution >= 4 is 33.8 Å². The summed E-state index contributed by atoms with van der Waals surface area (Å²) in [7, 11) is 0. The number of hydrogen-bond donors (Lipinski definition) is 2. The van der Waals surface area contributed by atoms with Gasteiger partial charge in [0.15, 0.2) is 0 Å². The van der Waals surface area contributed by atoms with E-state index in [1.165, 1.54) is 0 Å². The standard InChI is InChI=1S/C20H28BrN3O4/c1-2-28-20(27)24-11-9-17(10-12-24)23-19(26)8-4-7-18(25)22-14-15-5-3-6-16(21)13-15/h3,5-6,13,17H,2,4,7-12,14H2,1H3,(H,22,25)(H,23,26). The minimum Gasteiger partial charge on any atom is -0.450 e. The van der Waals surface area contributed by atoms with Gasteiger partial charge in [0.05, 0.1) is 6.61 Å². The molecule has 2 rings (SSSR count). The quantitative estimate of drug-likeness (QED) is 0.633. The molecule has 0 spiro atoms. The highest BCUT2D eigenvalue weighted by atomic mass is 79.9. The van der Waals surface area contributed by atoms with Crippen LogP contribution < -0.4 is 10.6 Å². The number of ether oxygens (including phenoxy) is 1. The molecule has 0 bridgehead atoms. The smallest absolute Gasteiger partial charge is 0.409 e. The van der Waals surface area contributed by atoms with Gasteiger partial charge in [-0.05, 0) is 43.9 Å². The first-order valence-electron chi connectivity index (χ1n) is 9.70. The summed E-state index contributed by atoms with van der Waals surface area (Å²) in [4.78, 5) is 37.3. The molecule has 0 atom stereocenters. The van der Waals surface area contributed by atoms with Crippen LogP contribution in [0, 0.1) is 0 Å². The molecule has 8 heteroatoms. The highest BCUT2D eigenvalue weighted by Gasteiger charge is 2.24. The number of piperidine rings is 1. The third-order valence-corrected chi connectivity index (χ3v) is 5.07. The van der Waals surface area contributed by atoms with E-state index in [2.05, 4.69) is 26.6 Å². The topological polar surface area (TPSA) is 87.7 Å². The van der Waals surface area contributed by atoms with Crippen molar-refractivity contribution in [2.75, 3.05) is 19.7 Å². The van der Waals surface area contributed by atoms with Gasteiger partial charge in [-0.25, -0.2) is 4.79 Å². The van der Waals surface area contributed by atoms with Crippen LogP contribution in [0.4, 0.5) is 4.79 Å². The summed E-state index contributed by atoms with van der Waals surface area (Å²) < 4.78 is 5.96. The number of carbonyl (C=O) groups is 3. The van der Waals surface area contributed by atoms with Gasteiger partial charge >= 0.3 is 6.09 Å². The average Bonchev–Trinajstić information content (AvgIpc) is 2.67. The van der Waals surface area contributed by atoms with Crippen LogP contribution in [0.2, 0.25) is 0 Å². The Bertz CT molecular complexity index is 675. The lowest BCUT2D eigenvalue weighted by Crippen LogP contribution is -2.46. The van der Waals surface area contributed by atoms with Crippen LogP contribution in [-0.2, 0) is 20.9 Å². The summed E-state index contributed by atoms with van der Waals surface area (Å²) in [5, 5.41) is 5.86. The maximum Gasteiger partial charge on any atom is 0.409 e. The molecule has 28 heavy (non-hydrogen) atoms. The van der Waals surface area contributed by atoms with Crippen molar-refractivity contribution in [3.63, 3.8) is 0 Å². The summed E-state index contributed by atoms with van der Waals surface area (Å²) in [5.74, 6) is -0.107. The number of benzene rings is 1. The van der Waals surface area contributed by atoms with Crippen molar-refractivity contribution < 1.29 is 19.1 Å². The first kappa shape index (κ1) is 22.2. The molecule has 1 aliphatic heterocycles. The lowest BCUT2D eigenvalue weighted by atomic mass is 10.0. The van der Waals surface area contributed by atoms with E-state index < -0.39 is 0 Å². The van der Waals surface area contributed by atoms with Gasteiger partial charge in [0, 0.05) is 43.0 Å². The fourth-order valence-electron chi connectivity index (χ4n) is 3.07. The van der Waals surface area contributed by atoms with Gasteiger partial charge in [-0.15, -0.1) is 0 Å². The minimum absolute atomic E-state index is 0.0469. The monoisotopic (exact) mass is 453 g/mol. The zero-order chi connectivity index (χ0) is 20.4. The van der Waals surface area contributed by atoms with E-state index >= 15 is 0 Å². The number of hydrogen-bond acceptors (Lipinski definition) is 4. The average molecular weight is 454 g/mol. The number of nitrogens with zero attached hydrogens (tertiary/aromatic N) is 1. The molecule has 0 saturated carbocycles. The van der Waals surface area contributed by atoms with Gasteiger partial charge in [-0.2, -0.15) is 0 Å². The maximum absolute atomic E-state index is 12.1. The molecule has 3 amide bonds. The van der Waals surface area contributed by atoms with E-state index in [-0.39, 0.29) is 23.9 Å². The molecule has 7 nitrogen and oxygen atoms in total. The number of nitrogens with one attached hydrogen (secondary N) is 2. The molecule has 0 unspecified atom stereocenters. The van der Waals surface area contributed by atoms with Crippen molar-refractivity contribution in [2.45, 2.75) is 51.6 Å². The molecule has 0 aromatic heterocycles. The zero-order valence-electron chi connectivity index (χ0n) is 16.2. The third kappa shape index (κ3) is 7.88. The van der Waals surface area contributed by atoms with E-state index in [1.807, 2.05) is 24.3 Å². The van der Waals surface area contributed by atoms with Crippen LogP contribution in [0.3, 0.4) is 0 Å².